The number of carboxylic acid groups (broad SMARTS) is 2. The Morgan fingerprint density at radius 2 is 1.22 bits per heavy atom. The second-order valence-electron chi connectivity index (χ2n) is 6.34. The Kier molecular flexibility index (Phi) is 1.26. The third-order valence-corrected chi connectivity index (χ3v) is 6.30. The van der Waals surface area contributed by atoms with Crippen LogP contribution in [0, 0.1) is 47.3 Å². The number of rotatable bonds is 2. The number of carbonyl (C=O) groups is 2. The molecule has 6 aliphatic rings. The molecule has 0 aromatic carbocycles. The second-order valence-corrected chi connectivity index (χ2v) is 6.34. The van der Waals surface area contributed by atoms with Crippen LogP contribution in [0.25, 0.3) is 0 Å². The van der Waals surface area contributed by atoms with E-state index in [1.54, 1.807) is 0 Å². The Hall–Kier alpha value is -1.58. The molecule has 4 fully saturated rings. The van der Waals surface area contributed by atoms with Crippen LogP contribution >= 0.6 is 0 Å². The Balaban J connectivity index is 1.75. The summed E-state index contributed by atoms with van der Waals surface area (Å²) >= 11 is 0. The topological polar surface area (TPSA) is 74.6 Å². The average Bonchev–Trinajstić information content (AvgIpc) is 3.07. The normalized spacial score (nSPS) is 56.2. The Morgan fingerprint density at radius 1 is 0.778 bits per heavy atom. The van der Waals surface area contributed by atoms with Gasteiger partial charge in [-0.1, -0.05) is 12.2 Å². The maximum absolute atomic E-state index is 11.4. The molecular formula is C14H12O4. The molecule has 0 heterocycles. The van der Waals surface area contributed by atoms with Gasteiger partial charge in [0.05, 0.1) is 11.1 Å². The molecule has 92 valence electrons. The van der Waals surface area contributed by atoms with Gasteiger partial charge in [-0.2, -0.15) is 0 Å². The van der Waals surface area contributed by atoms with Crippen LogP contribution in [0.5, 0.6) is 0 Å². The minimum atomic E-state index is -1.00. The predicted octanol–water partition coefficient (Wildman–Crippen LogP) is 1.01. The molecule has 2 unspecified atom stereocenters. The molecule has 8 atom stereocenters. The van der Waals surface area contributed by atoms with Crippen LogP contribution in [0.3, 0.4) is 0 Å². The van der Waals surface area contributed by atoms with Gasteiger partial charge in [-0.05, 0) is 47.3 Å². The van der Waals surface area contributed by atoms with Crippen molar-refractivity contribution in [2.75, 3.05) is 0 Å². The van der Waals surface area contributed by atoms with Gasteiger partial charge in [-0.3, -0.25) is 0 Å². The van der Waals surface area contributed by atoms with Crippen molar-refractivity contribution >= 4 is 11.9 Å². The van der Waals surface area contributed by atoms with Gasteiger partial charge in [0.15, 0.2) is 0 Å². The van der Waals surface area contributed by atoms with Crippen LogP contribution in [-0.2, 0) is 9.59 Å². The monoisotopic (exact) mass is 244 g/mol. The smallest absolute Gasteiger partial charge is 0.332 e. The Morgan fingerprint density at radius 3 is 1.61 bits per heavy atom. The Bertz CT molecular complexity index is 539. The summed E-state index contributed by atoms with van der Waals surface area (Å²) in [5, 5.41) is 18.7. The molecule has 0 aromatic rings. The van der Waals surface area contributed by atoms with E-state index in [9.17, 15) is 19.8 Å². The van der Waals surface area contributed by atoms with E-state index in [-0.39, 0.29) is 23.0 Å². The molecule has 6 rings (SSSR count). The van der Waals surface area contributed by atoms with Crippen molar-refractivity contribution in [1.82, 2.24) is 0 Å². The van der Waals surface area contributed by atoms with Crippen molar-refractivity contribution in [2.24, 2.45) is 47.3 Å². The van der Waals surface area contributed by atoms with Gasteiger partial charge in [-0.15, -0.1) is 0 Å². The van der Waals surface area contributed by atoms with Crippen molar-refractivity contribution in [3.8, 4) is 0 Å². The predicted molar refractivity (Wildman–Crippen MR) is 59.4 cm³/mol. The van der Waals surface area contributed by atoms with E-state index < -0.39 is 11.9 Å². The number of hydrogen-bond acceptors (Lipinski definition) is 2. The second kappa shape index (κ2) is 2.42. The van der Waals surface area contributed by atoms with Gasteiger partial charge < -0.3 is 10.2 Å². The molecule has 0 aliphatic heterocycles. The van der Waals surface area contributed by atoms with E-state index in [4.69, 9.17) is 0 Å². The fraction of sp³-hybridized carbons (Fsp3) is 0.571. The highest BCUT2D eigenvalue weighted by Crippen LogP contribution is 2.81. The lowest BCUT2D eigenvalue weighted by atomic mass is 9.71. The molecule has 6 aliphatic carbocycles. The highest BCUT2D eigenvalue weighted by Gasteiger charge is 2.79. The van der Waals surface area contributed by atoms with Gasteiger partial charge >= 0.3 is 11.9 Å². The third-order valence-electron chi connectivity index (χ3n) is 6.30. The number of hydrogen-bond donors (Lipinski definition) is 2. The summed E-state index contributed by atoms with van der Waals surface area (Å²) in [6.07, 6.45) is 4.51. The first-order valence-electron chi connectivity index (χ1n) is 6.52. The highest BCUT2D eigenvalue weighted by atomic mass is 16.4. The van der Waals surface area contributed by atoms with Crippen molar-refractivity contribution in [3.05, 3.63) is 23.3 Å². The van der Waals surface area contributed by atoms with Crippen LogP contribution in [0.15, 0.2) is 23.3 Å². The maximum Gasteiger partial charge on any atom is 0.332 e. The van der Waals surface area contributed by atoms with Crippen LogP contribution in [-0.4, -0.2) is 22.2 Å². The summed E-state index contributed by atoms with van der Waals surface area (Å²) in [7, 11) is 0. The number of aliphatic carboxylic acids is 2. The third kappa shape index (κ3) is 0.646. The standard InChI is InChI=1S/C14H12O4/c15-13(16)11-9-6-3-1-2-4-5(3)8(9)10(7(4)6)12(11)14(17)18/h1-10H,(H,15,16)(H,17,18)/t3-,4-,5?,6-,7+,8?,9-,10+/m0/s1. The maximum atomic E-state index is 11.4. The SMILES string of the molecule is O=C(O)C1=C(C(=O)O)[C@H]2C3C4[C@@H]5C=C[C@@H]4[C@@H]2[C@H]5[C@H]13. The number of allylic oxidation sites excluding steroid dienone is 2. The van der Waals surface area contributed by atoms with E-state index in [1.807, 2.05) is 0 Å². The fourth-order valence-corrected chi connectivity index (χ4v) is 6.38. The molecule has 18 heavy (non-hydrogen) atoms. The van der Waals surface area contributed by atoms with Gasteiger partial charge in [0.1, 0.15) is 0 Å². The molecule has 4 nitrogen and oxygen atoms in total. The molecule has 4 heteroatoms. The van der Waals surface area contributed by atoms with Crippen molar-refractivity contribution < 1.29 is 19.8 Å². The van der Waals surface area contributed by atoms with Crippen LogP contribution < -0.4 is 0 Å². The van der Waals surface area contributed by atoms with E-state index in [0.29, 0.717) is 35.5 Å². The van der Waals surface area contributed by atoms with Gasteiger partial charge in [0.25, 0.3) is 0 Å². The van der Waals surface area contributed by atoms with Crippen molar-refractivity contribution in [1.29, 1.82) is 0 Å². The first kappa shape index (κ1) is 9.36. The lowest BCUT2D eigenvalue weighted by Crippen LogP contribution is -2.32. The first-order valence-corrected chi connectivity index (χ1v) is 6.52. The molecule has 8 bridgehead atoms. The van der Waals surface area contributed by atoms with Gasteiger partial charge in [-0.25, -0.2) is 9.59 Å². The summed E-state index contributed by atoms with van der Waals surface area (Å²) in [6.45, 7) is 0. The minimum absolute atomic E-state index is 0.0276. The van der Waals surface area contributed by atoms with E-state index in [0.717, 1.165) is 0 Å². The summed E-state index contributed by atoms with van der Waals surface area (Å²) in [5.41, 5.74) is 0.472. The largest absolute Gasteiger partial charge is 0.478 e. The van der Waals surface area contributed by atoms with Crippen LogP contribution in [0.1, 0.15) is 0 Å². The lowest BCUT2D eigenvalue weighted by Gasteiger charge is -2.32. The quantitative estimate of drug-likeness (QED) is 0.711. The summed E-state index contributed by atoms with van der Waals surface area (Å²) in [5.74, 6) is 0.824. The van der Waals surface area contributed by atoms with E-state index in [1.165, 1.54) is 0 Å². The zero-order valence-electron chi connectivity index (χ0n) is 9.48. The van der Waals surface area contributed by atoms with E-state index >= 15 is 0 Å². The van der Waals surface area contributed by atoms with Crippen LogP contribution in [0.4, 0.5) is 0 Å². The molecule has 0 aromatic heterocycles. The van der Waals surface area contributed by atoms with Gasteiger partial charge in [0, 0.05) is 0 Å². The lowest BCUT2D eigenvalue weighted by molar-refractivity contribution is -0.137. The molecule has 2 N–H and O–H groups in total. The minimum Gasteiger partial charge on any atom is -0.478 e. The highest BCUT2D eigenvalue weighted by molar-refractivity contribution is 6.02. The zero-order valence-corrected chi connectivity index (χ0v) is 9.48. The summed E-state index contributed by atoms with van der Waals surface area (Å²) in [4.78, 5) is 22.8. The van der Waals surface area contributed by atoms with Gasteiger partial charge in [0.2, 0.25) is 0 Å². The molecule has 0 radical (unpaired) electrons. The summed E-state index contributed by atoms with van der Waals surface area (Å²) in [6, 6.07) is 0. The van der Waals surface area contributed by atoms with Crippen molar-refractivity contribution in [3.63, 3.8) is 0 Å². The molecule has 0 saturated heterocycles. The first-order chi connectivity index (χ1) is 8.63. The molecular weight excluding hydrogens is 232 g/mol. The van der Waals surface area contributed by atoms with E-state index in [2.05, 4.69) is 12.2 Å². The fourth-order valence-electron chi connectivity index (χ4n) is 6.38. The van der Waals surface area contributed by atoms with Crippen molar-refractivity contribution in [2.45, 2.75) is 0 Å². The molecule has 0 spiro atoms. The number of carboxylic acids is 2. The average molecular weight is 244 g/mol. The molecule has 4 saturated carbocycles. The zero-order chi connectivity index (χ0) is 12.3. The van der Waals surface area contributed by atoms with Crippen LogP contribution in [0.2, 0.25) is 0 Å². The molecule has 0 amide bonds. The summed E-state index contributed by atoms with van der Waals surface area (Å²) < 4.78 is 0. The Labute approximate surface area is 103 Å².